The lowest BCUT2D eigenvalue weighted by Crippen LogP contribution is -2.48. The van der Waals surface area contributed by atoms with Crippen LogP contribution in [0.1, 0.15) is 32.3 Å². The number of carbonyl (C=O) groups excluding carboxylic acids is 1. The summed E-state index contributed by atoms with van der Waals surface area (Å²) >= 11 is 0. The van der Waals surface area contributed by atoms with Gasteiger partial charge in [0.2, 0.25) is 5.91 Å². The summed E-state index contributed by atoms with van der Waals surface area (Å²) in [5.41, 5.74) is 1.60. The molecular weight excluding hydrogens is 477 g/mol. The first-order valence-electron chi connectivity index (χ1n) is 11.1. The molecule has 2 aromatic carbocycles. The van der Waals surface area contributed by atoms with E-state index in [1.807, 2.05) is 36.4 Å². The van der Waals surface area contributed by atoms with Crippen molar-refractivity contribution < 1.29 is 26.4 Å². The summed E-state index contributed by atoms with van der Waals surface area (Å²) in [6, 6.07) is 15.0. The van der Waals surface area contributed by atoms with Crippen LogP contribution in [-0.4, -0.2) is 30.6 Å². The molecule has 1 aliphatic heterocycles. The van der Waals surface area contributed by atoms with E-state index in [9.17, 15) is 26.4 Å². The van der Waals surface area contributed by atoms with Crippen molar-refractivity contribution in [1.82, 2.24) is 4.98 Å². The summed E-state index contributed by atoms with van der Waals surface area (Å²) in [4.78, 5) is 18.4. The van der Waals surface area contributed by atoms with Gasteiger partial charge in [0, 0.05) is 31.0 Å². The number of sulfone groups is 1. The third kappa shape index (κ3) is 4.82. The Morgan fingerprint density at radius 1 is 0.971 bits per heavy atom. The molecule has 2 heterocycles. The molecule has 0 radical (unpaired) electrons. The Hall–Kier alpha value is -3.20. The normalized spacial score (nSPS) is 17.5. The number of anilines is 1. The summed E-state index contributed by atoms with van der Waals surface area (Å²) in [5, 5.41) is 0. The van der Waals surface area contributed by atoms with Gasteiger partial charge < -0.3 is 4.90 Å². The van der Waals surface area contributed by atoms with Gasteiger partial charge in [0.15, 0.2) is 9.84 Å². The number of rotatable bonds is 5. The molecule has 1 amide bonds. The van der Waals surface area contributed by atoms with Crippen molar-refractivity contribution in [3.63, 3.8) is 0 Å². The van der Waals surface area contributed by atoms with Crippen molar-refractivity contribution in [2.45, 2.75) is 42.5 Å². The average Bonchev–Trinajstić information content (AvgIpc) is 2.84. The molecule has 9 heteroatoms. The number of nitrogens with zero attached hydrogens (tertiary/aromatic N) is 2. The number of hydrogen-bond donors (Lipinski definition) is 0. The highest BCUT2D eigenvalue weighted by molar-refractivity contribution is 7.92. The maximum atomic E-state index is 13.4. The molecule has 0 unspecified atom stereocenters. The predicted molar refractivity (Wildman–Crippen MR) is 127 cm³/mol. The smallest absolute Gasteiger partial charge is 0.312 e. The number of hydrogen-bond acceptors (Lipinski definition) is 4. The zero-order chi connectivity index (χ0) is 25.4. The minimum absolute atomic E-state index is 0.0183. The van der Waals surface area contributed by atoms with Crippen LogP contribution in [0.25, 0.3) is 11.1 Å². The molecular formula is C26H25F3N2O3S. The lowest BCUT2D eigenvalue weighted by atomic mass is 9.85. The van der Waals surface area contributed by atoms with Gasteiger partial charge in [-0.05, 0) is 73.7 Å². The monoisotopic (exact) mass is 502 g/mol. The van der Waals surface area contributed by atoms with Crippen molar-refractivity contribution >= 4 is 21.4 Å². The van der Waals surface area contributed by atoms with Crippen LogP contribution in [0.2, 0.25) is 0 Å². The first-order chi connectivity index (χ1) is 16.4. The van der Waals surface area contributed by atoms with Crippen molar-refractivity contribution in [3.8, 4) is 11.1 Å². The molecule has 0 aliphatic carbocycles. The van der Waals surface area contributed by atoms with Crippen LogP contribution in [-0.2, 0) is 20.8 Å². The van der Waals surface area contributed by atoms with E-state index in [0.717, 1.165) is 23.3 Å². The molecule has 0 bridgehead atoms. The average molecular weight is 503 g/mol. The van der Waals surface area contributed by atoms with E-state index < -0.39 is 37.1 Å². The van der Waals surface area contributed by atoms with E-state index in [-0.39, 0.29) is 12.3 Å². The summed E-state index contributed by atoms with van der Waals surface area (Å²) in [6.45, 7) is 3.29. The number of amides is 1. The van der Waals surface area contributed by atoms with Crippen LogP contribution < -0.4 is 4.90 Å². The van der Waals surface area contributed by atoms with Crippen LogP contribution >= 0.6 is 0 Å². The second kappa shape index (κ2) is 9.11. The van der Waals surface area contributed by atoms with E-state index in [2.05, 4.69) is 4.98 Å². The van der Waals surface area contributed by atoms with Gasteiger partial charge >= 0.3 is 6.18 Å². The van der Waals surface area contributed by atoms with Gasteiger partial charge in [-0.2, -0.15) is 13.2 Å². The number of benzene rings is 2. The summed E-state index contributed by atoms with van der Waals surface area (Å²) < 4.78 is 64.7. The molecule has 3 aromatic rings. The van der Waals surface area contributed by atoms with E-state index in [1.54, 1.807) is 17.3 Å². The van der Waals surface area contributed by atoms with Crippen molar-refractivity contribution in [2.75, 3.05) is 11.4 Å². The minimum atomic E-state index is -4.65. The molecule has 1 fully saturated rings. The third-order valence-electron chi connectivity index (χ3n) is 6.74. The molecule has 0 N–H and O–H groups in total. The first kappa shape index (κ1) is 24.9. The first-order valence-corrected chi connectivity index (χ1v) is 12.6. The topological polar surface area (TPSA) is 67.3 Å². The number of carbonyl (C=O) groups is 1. The summed E-state index contributed by atoms with van der Waals surface area (Å²) in [5.74, 6) is -0.761. The largest absolute Gasteiger partial charge is 0.416 e. The van der Waals surface area contributed by atoms with Gasteiger partial charge in [-0.15, -0.1) is 0 Å². The molecule has 0 saturated carbocycles. The lowest BCUT2D eigenvalue weighted by Gasteiger charge is -2.39. The third-order valence-corrected chi connectivity index (χ3v) is 9.34. The SMILES string of the molecule is CC(C)([C@@H]1CCN(c2ccc(-c3cccnc3)cc2)C(=O)C1)S(=O)(=O)c1cccc(C(F)(F)F)c1. The molecule has 184 valence electrons. The van der Waals surface area contributed by atoms with Gasteiger partial charge in [0.1, 0.15) is 0 Å². The van der Waals surface area contributed by atoms with Gasteiger partial charge in [-0.3, -0.25) is 9.78 Å². The maximum Gasteiger partial charge on any atom is 0.416 e. The van der Waals surface area contributed by atoms with Gasteiger partial charge in [0.25, 0.3) is 0 Å². The highest BCUT2D eigenvalue weighted by atomic mass is 32.2. The van der Waals surface area contributed by atoms with Gasteiger partial charge in [-0.1, -0.05) is 24.3 Å². The lowest BCUT2D eigenvalue weighted by molar-refractivity contribution is -0.137. The fourth-order valence-corrected chi connectivity index (χ4v) is 6.22. The fraction of sp³-hybridized carbons (Fsp3) is 0.308. The van der Waals surface area contributed by atoms with Crippen LogP contribution in [0.15, 0.2) is 78.0 Å². The van der Waals surface area contributed by atoms with E-state index in [0.29, 0.717) is 24.7 Å². The molecule has 5 nitrogen and oxygen atoms in total. The Labute approximate surface area is 202 Å². The molecule has 35 heavy (non-hydrogen) atoms. The van der Waals surface area contributed by atoms with Crippen LogP contribution in [0.3, 0.4) is 0 Å². The van der Waals surface area contributed by atoms with Crippen LogP contribution in [0, 0.1) is 5.92 Å². The minimum Gasteiger partial charge on any atom is -0.312 e. The molecule has 1 saturated heterocycles. The second-order valence-electron chi connectivity index (χ2n) is 9.16. The molecule has 1 aliphatic rings. The van der Waals surface area contributed by atoms with E-state index in [4.69, 9.17) is 0 Å². The number of aromatic nitrogens is 1. The summed E-state index contributed by atoms with van der Waals surface area (Å²) in [6.07, 6.45) is -0.825. The van der Waals surface area contributed by atoms with Crippen LogP contribution in [0.5, 0.6) is 0 Å². The van der Waals surface area contributed by atoms with Crippen molar-refractivity contribution in [2.24, 2.45) is 5.92 Å². The van der Waals surface area contributed by atoms with Crippen molar-refractivity contribution in [3.05, 3.63) is 78.6 Å². The highest BCUT2D eigenvalue weighted by Gasteiger charge is 2.46. The number of piperidine rings is 1. The fourth-order valence-electron chi connectivity index (χ4n) is 4.43. The maximum absolute atomic E-state index is 13.4. The van der Waals surface area contributed by atoms with E-state index in [1.165, 1.54) is 19.9 Å². The number of pyridine rings is 1. The second-order valence-corrected chi connectivity index (χ2v) is 11.7. The Kier molecular flexibility index (Phi) is 6.48. The van der Waals surface area contributed by atoms with Gasteiger partial charge in [0.05, 0.1) is 15.2 Å². The molecule has 1 aromatic heterocycles. The van der Waals surface area contributed by atoms with E-state index >= 15 is 0 Å². The Morgan fingerprint density at radius 3 is 2.29 bits per heavy atom. The Morgan fingerprint density at radius 2 is 1.69 bits per heavy atom. The number of alkyl halides is 3. The molecule has 1 atom stereocenters. The van der Waals surface area contributed by atoms with Crippen LogP contribution in [0.4, 0.5) is 18.9 Å². The zero-order valence-electron chi connectivity index (χ0n) is 19.3. The Balaban J connectivity index is 1.52. The predicted octanol–water partition coefficient (Wildman–Crippen LogP) is 5.76. The summed E-state index contributed by atoms with van der Waals surface area (Å²) in [7, 11) is -4.14. The highest BCUT2D eigenvalue weighted by Crippen LogP contribution is 2.40. The van der Waals surface area contributed by atoms with Gasteiger partial charge in [-0.25, -0.2) is 8.42 Å². The Bertz CT molecular complexity index is 1320. The number of halogens is 3. The molecule has 4 rings (SSSR count). The zero-order valence-corrected chi connectivity index (χ0v) is 20.1. The standard InChI is InChI=1S/C26H25F3N2O3S/c1-25(2,35(33,34)23-7-3-6-21(15-23)26(27,28)29)20-12-14-31(24(32)16-20)22-10-8-18(9-11-22)19-5-4-13-30-17-19/h3-11,13,15,17,20H,12,14,16H2,1-2H3/t20-/m1/s1. The van der Waals surface area contributed by atoms with Crippen molar-refractivity contribution in [1.29, 1.82) is 0 Å². The quantitative estimate of drug-likeness (QED) is 0.445. The molecule has 0 spiro atoms.